The Morgan fingerprint density at radius 1 is 1.26 bits per heavy atom. The molecular formula is C20H21N3O4. The third-order valence-corrected chi connectivity index (χ3v) is 4.02. The highest BCUT2D eigenvalue weighted by Crippen LogP contribution is 2.29. The van der Waals surface area contributed by atoms with E-state index in [0.29, 0.717) is 18.7 Å². The summed E-state index contributed by atoms with van der Waals surface area (Å²) >= 11 is 0. The van der Waals surface area contributed by atoms with Gasteiger partial charge in [-0.3, -0.25) is 14.9 Å². The first-order valence-corrected chi connectivity index (χ1v) is 8.58. The van der Waals surface area contributed by atoms with Gasteiger partial charge < -0.3 is 9.64 Å². The lowest BCUT2D eigenvalue weighted by Gasteiger charge is -2.27. The van der Waals surface area contributed by atoms with Crippen molar-refractivity contribution in [1.29, 1.82) is 5.26 Å². The Morgan fingerprint density at radius 3 is 2.44 bits per heavy atom. The number of carbonyl (C=O) groups excluding carboxylic acids is 1. The molecule has 0 atom stereocenters. The van der Waals surface area contributed by atoms with Gasteiger partial charge in [-0.25, -0.2) is 0 Å². The highest BCUT2D eigenvalue weighted by molar-refractivity contribution is 5.95. The molecule has 2 aromatic carbocycles. The van der Waals surface area contributed by atoms with Crippen molar-refractivity contribution >= 4 is 11.6 Å². The van der Waals surface area contributed by atoms with E-state index in [-0.39, 0.29) is 28.9 Å². The number of hydrogen-bond donors (Lipinski definition) is 0. The van der Waals surface area contributed by atoms with Crippen LogP contribution in [0.4, 0.5) is 5.69 Å². The van der Waals surface area contributed by atoms with Crippen LogP contribution in [0.5, 0.6) is 5.75 Å². The molecule has 2 aromatic rings. The third kappa shape index (κ3) is 4.82. The monoisotopic (exact) mass is 367 g/mol. The highest BCUT2D eigenvalue weighted by atomic mass is 16.6. The molecular weight excluding hydrogens is 346 g/mol. The Balaban J connectivity index is 2.31. The Kier molecular flexibility index (Phi) is 6.50. The fourth-order valence-corrected chi connectivity index (χ4v) is 2.61. The smallest absolute Gasteiger partial charge is 0.311 e. The van der Waals surface area contributed by atoms with Crippen LogP contribution in [0.1, 0.15) is 42.3 Å². The van der Waals surface area contributed by atoms with Crippen LogP contribution in [0, 0.1) is 21.4 Å². The molecule has 0 unspecified atom stereocenters. The molecule has 0 radical (unpaired) electrons. The van der Waals surface area contributed by atoms with Crippen LogP contribution in [-0.4, -0.2) is 28.4 Å². The zero-order chi connectivity index (χ0) is 20.0. The predicted octanol–water partition coefficient (Wildman–Crippen LogP) is 3.92. The Labute approximate surface area is 157 Å². The lowest BCUT2D eigenvalue weighted by atomic mass is 10.1. The molecule has 0 heterocycles. The molecule has 2 rings (SSSR count). The van der Waals surface area contributed by atoms with Gasteiger partial charge in [0.15, 0.2) is 5.75 Å². The van der Waals surface area contributed by atoms with E-state index in [4.69, 9.17) is 10.00 Å². The predicted molar refractivity (Wildman–Crippen MR) is 100 cm³/mol. The minimum absolute atomic E-state index is 0.112. The van der Waals surface area contributed by atoms with Crippen molar-refractivity contribution in [2.45, 2.75) is 33.4 Å². The van der Waals surface area contributed by atoms with E-state index < -0.39 is 4.92 Å². The van der Waals surface area contributed by atoms with Gasteiger partial charge in [-0.1, -0.05) is 12.1 Å². The molecule has 0 aliphatic rings. The first-order chi connectivity index (χ1) is 12.9. The summed E-state index contributed by atoms with van der Waals surface area (Å²) in [6.07, 6.45) is 0. The number of ether oxygens (including phenoxy) is 1. The van der Waals surface area contributed by atoms with E-state index in [1.807, 2.05) is 13.8 Å². The summed E-state index contributed by atoms with van der Waals surface area (Å²) in [6.45, 7) is 6.13. The van der Waals surface area contributed by atoms with Gasteiger partial charge in [-0.05, 0) is 50.6 Å². The van der Waals surface area contributed by atoms with Crippen LogP contribution < -0.4 is 4.74 Å². The van der Waals surface area contributed by atoms with Crippen LogP contribution in [0.2, 0.25) is 0 Å². The highest BCUT2D eigenvalue weighted by Gasteiger charge is 2.23. The molecule has 0 bridgehead atoms. The largest absolute Gasteiger partial charge is 0.487 e. The SMILES string of the molecule is CCOc1ccc(C(=O)N(Cc2ccc(C#N)cc2)C(C)C)cc1[N+](=O)[O-]. The number of nitrogens with zero attached hydrogens (tertiary/aromatic N) is 3. The van der Waals surface area contributed by atoms with Gasteiger partial charge in [0.05, 0.1) is 23.2 Å². The summed E-state index contributed by atoms with van der Waals surface area (Å²) in [5.41, 5.74) is 1.41. The van der Waals surface area contributed by atoms with E-state index in [0.717, 1.165) is 5.56 Å². The minimum Gasteiger partial charge on any atom is -0.487 e. The fraction of sp³-hybridized carbons (Fsp3) is 0.300. The number of amides is 1. The third-order valence-electron chi connectivity index (χ3n) is 4.02. The molecule has 0 saturated carbocycles. The van der Waals surface area contributed by atoms with Crippen LogP contribution in [0.3, 0.4) is 0 Å². The number of nitro groups is 1. The van der Waals surface area contributed by atoms with Gasteiger partial charge >= 0.3 is 5.69 Å². The molecule has 0 aliphatic carbocycles. The Bertz CT molecular complexity index is 870. The van der Waals surface area contributed by atoms with Gasteiger partial charge in [0.25, 0.3) is 5.91 Å². The summed E-state index contributed by atoms with van der Waals surface area (Å²) in [4.78, 5) is 25.3. The molecule has 140 valence electrons. The second-order valence-electron chi connectivity index (χ2n) is 6.21. The minimum atomic E-state index is -0.553. The number of hydrogen-bond acceptors (Lipinski definition) is 5. The van der Waals surface area contributed by atoms with Crippen molar-refractivity contribution in [3.63, 3.8) is 0 Å². The number of rotatable bonds is 7. The molecule has 0 aliphatic heterocycles. The van der Waals surface area contributed by atoms with Crippen molar-refractivity contribution in [3.8, 4) is 11.8 Å². The van der Waals surface area contributed by atoms with Crippen molar-refractivity contribution in [3.05, 3.63) is 69.3 Å². The van der Waals surface area contributed by atoms with E-state index in [1.54, 1.807) is 36.1 Å². The summed E-state index contributed by atoms with van der Waals surface area (Å²) in [7, 11) is 0. The van der Waals surface area contributed by atoms with Gasteiger partial charge in [-0.2, -0.15) is 5.26 Å². The molecule has 1 amide bonds. The maximum Gasteiger partial charge on any atom is 0.311 e. The zero-order valence-corrected chi connectivity index (χ0v) is 15.5. The average molecular weight is 367 g/mol. The van der Waals surface area contributed by atoms with E-state index in [9.17, 15) is 14.9 Å². The maximum absolute atomic E-state index is 13.0. The van der Waals surface area contributed by atoms with Crippen molar-refractivity contribution in [2.75, 3.05) is 6.61 Å². The molecule has 7 heteroatoms. The number of nitriles is 1. The molecule has 0 aromatic heterocycles. The van der Waals surface area contributed by atoms with E-state index in [2.05, 4.69) is 6.07 Å². The van der Waals surface area contributed by atoms with Crippen LogP contribution in [0.25, 0.3) is 0 Å². The maximum atomic E-state index is 13.0. The van der Waals surface area contributed by atoms with Crippen molar-refractivity contribution < 1.29 is 14.5 Å². The van der Waals surface area contributed by atoms with Crippen molar-refractivity contribution in [2.24, 2.45) is 0 Å². The standard InChI is InChI=1S/C20H21N3O4/c1-4-27-19-10-9-17(11-18(19)23(25)26)20(24)22(14(2)3)13-16-7-5-15(12-21)6-8-16/h5-11,14H,4,13H2,1-3H3. The lowest BCUT2D eigenvalue weighted by Crippen LogP contribution is -2.36. The molecule has 0 saturated heterocycles. The first-order valence-electron chi connectivity index (χ1n) is 8.58. The van der Waals surface area contributed by atoms with E-state index >= 15 is 0 Å². The Morgan fingerprint density at radius 2 is 1.93 bits per heavy atom. The van der Waals surface area contributed by atoms with Crippen LogP contribution >= 0.6 is 0 Å². The van der Waals surface area contributed by atoms with Gasteiger partial charge in [0, 0.05) is 24.2 Å². The van der Waals surface area contributed by atoms with Gasteiger partial charge in [0.1, 0.15) is 0 Å². The fourth-order valence-electron chi connectivity index (χ4n) is 2.61. The topological polar surface area (TPSA) is 96.5 Å². The second-order valence-corrected chi connectivity index (χ2v) is 6.21. The molecule has 0 spiro atoms. The first kappa shape index (κ1) is 19.9. The second kappa shape index (κ2) is 8.81. The molecule has 0 fully saturated rings. The number of carbonyl (C=O) groups is 1. The molecule has 7 nitrogen and oxygen atoms in total. The Hall–Kier alpha value is -3.40. The normalized spacial score (nSPS) is 10.3. The van der Waals surface area contributed by atoms with Crippen LogP contribution in [-0.2, 0) is 6.54 Å². The lowest BCUT2D eigenvalue weighted by molar-refractivity contribution is -0.385. The average Bonchev–Trinajstić information content (AvgIpc) is 2.66. The summed E-state index contributed by atoms with van der Waals surface area (Å²) in [6, 6.07) is 13.2. The van der Waals surface area contributed by atoms with Gasteiger partial charge in [-0.15, -0.1) is 0 Å². The summed E-state index contributed by atoms with van der Waals surface area (Å²) < 4.78 is 5.27. The number of benzene rings is 2. The van der Waals surface area contributed by atoms with Gasteiger partial charge in [0.2, 0.25) is 0 Å². The van der Waals surface area contributed by atoms with Crippen LogP contribution in [0.15, 0.2) is 42.5 Å². The summed E-state index contributed by atoms with van der Waals surface area (Å²) in [5, 5.41) is 20.2. The van der Waals surface area contributed by atoms with E-state index in [1.165, 1.54) is 18.2 Å². The summed E-state index contributed by atoms with van der Waals surface area (Å²) in [5.74, 6) is -0.164. The quantitative estimate of drug-likeness (QED) is 0.546. The molecule has 0 N–H and O–H groups in total. The number of nitro benzene ring substituents is 1. The molecule has 27 heavy (non-hydrogen) atoms. The zero-order valence-electron chi connectivity index (χ0n) is 15.5. The van der Waals surface area contributed by atoms with Crippen molar-refractivity contribution in [1.82, 2.24) is 4.90 Å².